The van der Waals surface area contributed by atoms with Crippen molar-refractivity contribution in [2.75, 3.05) is 13.2 Å². The normalized spacial score (nSPS) is 11.8. The fourth-order valence-corrected chi connectivity index (χ4v) is 1.60. The van der Waals surface area contributed by atoms with Crippen molar-refractivity contribution in [2.45, 2.75) is 39.7 Å². The standard InChI is InChI=1S/C15H22O5/c1-5-10-15(13(17)19-6-2,14(18)20-7-3)11-8-9-12(4)16/h5,12,16H,1,6-7,10-11H2,2-4H3. The summed E-state index contributed by atoms with van der Waals surface area (Å²) in [5.74, 6) is 3.78. The molecule has 0 rings (SSSR count). The third-order valence-electron chi connectivity index (χ3n) is 2.53. The van der Waals surface area contributed by atoms with Crippen LogP contribution in [0.3, 0.4) is 0 Å². The van der Waals surface area contributed by atoms with Crippen LogP contribution in [0.1, 0.15) is 33.6 Å². The molecule has 0 aromatic rings. The Morgan fingerprint density at radius 1 is 1.30 bits per heavy atom. The van der Waals surface area contributed by atoms with Gasteiger partial charge in [0.2, 0.25) is 0 Å². The molecule has 0 aromatic heterocycles. The molecule has 0 saturated carbocycles. The van der Waals surface area contributed by atoms with Gasteiger partial charge in [-0.2, -0.15) is 0 Å². The van der Waals surface area contributed by atoms with Crippen molar-refractivity contribution in [3.05, 3.63) is 12.7 Å². The molecule has 1 unspecified atom stereocenters. The van der Waals surface area contributed by atoms with Gasteiger partial charge in [-0.15, -0.1) is 6.58 Å². The second kappa shape index (κ2) is 9.16. The first kappa shape index (κ1) is 18.2. The molecule has 5 nitrogen and oxygen atoms in total. The van der Waals surface area contributed by atoms with Gasteiger partial charge in [0.15, 0.2) is 5.41 Å². The smallest absolute Gasteiger partial charge is 0.324 e. The van der Waals surface area contributed by atoms with Gasteiger partial charge in [-0.3, -0.25) is 9.59 Å². The summed E-state index contributed by atoms with van der Waals surface area (Å²) in [5.41, 5.74) is -1.52. The van der Waals surface area contributed by atoms with Gasteiger partial charge >= 0.3 is 11.9 Å². The summed E-state index contributed by atoms with van der Waals surface area (Å²) in [6.45, 7) is 8.68. The van der Waals surface area contributed by atoms with Gasteiger partial charge in [0.05, 0.1) is 13.2 Å². The lowest BCUT2D eigenvalue weighted by molar-refractivity contribution is -0.171. The lowest BCUT2D eigenvalue weighted by Crippen LogP contribution is -2.41. The number of hydrogen-bond donors (Lipinski definition) is 1. The van der Waals surface area contributed by atoms with Crippen molar-refractivity contribution in [1.29, 1.82) is 0 Å². The number of carbonyl (C=O) groups is 2. The van der Waals surface area contributed by atoms with Crippen molar-refractivity contribution in [3.63, 3.8) is 0 Å². The summed E-state index contributed by atoms with van der Waals surface area (Å²) in [7, 11) is 0. The van der Waals surface area contributed by atoms with Crippen molar-refractivity contribution in [2.24, 2.45) is 5.41 Å². The van der Waals surface area contributed by atoms with E-state index in [9.17, 15) is 9.59 Å². The van der Waals surface area contributed by atoms with E-state index in [-0.39, 0.29) is 26.1 Å². The second-order valence-corrected chi connectivity index (χ2v) is 4.19. The van der Waals surface area contributed by atoms with Crippen LogP contribution in [0.15, 0.2) is 12.7 Å². The summed E-state index contributed by atoms with van der Waals surface area (Å²) in [6, 6.07) is 0. The molecular weight excluding hydrogens is 260 g/mol. The SMILES string of the molecule is C=CCC(CC#CC(C)O)(C(=O)OCC)C(=O)OCC. The van der Waals surface area contributed by atoms with Gasteiger partial charge in [-0.25, -0.2) is 0 Å². The Morgan fingerprint density at radius 3 is 2.15 bits per heavy atom. The minimum atomic E-state index is -1.52. The molecule has 0 aliphatic rings. The van der Waals surface area contributed by atoms with E-state index in [4.69, 9.17) is 14.6 Å². The van der Waals surface area contributed by atoms with E-state index >= 15 is 0 Å². The van der Waals surface area contributed by atoms with Gasteiger partial charge < -0.3 is 14.6 Å². The van der Waals surface area contributed by atoms with Crippen molar-refractivity contribution >= 4 is 11.9 Å². The summed E-state index contributed by atoms with van der Waals surface area (Å²) in [6.07, 6.45) is 0.611. The summed E-state index contributed by atoms with van der Waals surface area (Å²) in [4.78, 5) is 24.3. The number of esters is 2. The average molecular weight is 282 g/mol. The highest BCUT2D eigenvalue weighted by Crippen LogP contribution is 2.31. The second-order valence-electron chi connectivity index (χ2n) is 4.19. The molecule has 0 aromatic carbocycles. The number of ether oxygens (including phenoxy) is 2. The van der Waals surface area contributed by atoms with Crippen LogP contribution in [0.5, 0.6) is 0 Å². The van der Waals surface area contributed by atoms with Crippen LogP contribution in [0.25, 0.3) is 0 Å². The number of rotatable bonds is 7. The zero-order valence-electron chi connectivity index (χ0n) is 12.3. The highest BCUT2D eigenvalue weighted by atomic mass is 16.6. The quantitative estimate of drug-likeness (QED) is 0.331. The van der Waals surface area contributed by atoms with E-state index in [1.165, 1.54) is 13.0 Å². The largest absolute Gasteiger partial charge is 0.465 e. The molecule has 112 valence electrons. The van der Waals surface area contributed by atoms with E-state index in [0.29, 0.717) is 0 Å². The maximum absolute atomic E-state index is 12.1. The first-order chi connectivity index (χ1) is 9.44. The topological polar surface area (TPSA) is 72.8 Å². The predicted molar refractivity (Wildman–Crippen MR) is 74.6 cm³/mol. The minimum absolute atomic E-state index is 0.0686. The number of hydrogen-bond acceptors (Lipinski definition) is 5. The molecule has 5 heteroatoms. The molecular formula is C15H22O5. The molecule has 0 saturated heterocycles. The highest BCUT2D eigenvalue weighted by molar-refractivity contribution is 6.00. The molecule has 0 spiro atoms. The molecule has 1 atom stereocenters. The van der Waals surface area contributed by atoms with Crippen LogP contribution in [0.2, 0.25) is 0 Å². The van der Waals surface area contributed by atoms with Gasteiger partial charge in [-0.05, 0) is 27.2 Å². The Bertz CT molecular complexity index is 382. The van der Waals surface area contributed by atoms with E-state index in [1.807, 2.05) is 0 Å². The first-order valence-corrected chi connectivity index (χ1v) is 6.56. The van der Waals surface area contributed by atoms with E-state index in [2.05, 4.69) is 18.4 Å². The third-order valence-corrected chi connectivity index (χ3v) is 2.53. The number of allylic oxidation sites excluding steroid dienone is 1. The summed E-state index contributed by atoms with van der Waals surface area (Å²) < 4.78 is 9.93. The van der Waals surface area contributed by atoms with E-state index in [1.54, 1.807) is 13.8 Å². The maximum atomic E-state index is 12.1. The molecule has 0 bridgehead atoms. The highest BCUT2D eigenvalue weighted by Gasteiger charge is 2.47. The molecule has 0 radical (unpaired) electrons. The number of carbonyl (C=O) groups excluding carboxylic acids is 2. The molecule has 0 amide bonds. The zero-order valence-corrected chi connectivity index (χ0v) is 12.3. The Kier molecular flexibility index (Phi) is 8.33. The zero-order chi connectivity index (χ0) is 15.6. The van der Waals surface area contributed by atoms with Crippen LogP contribution in [-0.2, 0) is 19.1 Å². The summed E-state index contributed by atoms with van der Waals surface area (Å²) >= 11 is 0. The van der Waals surface area contributed by atoms with Gasteiger partial charge in [0, 0.05) is 6.42 Å². The van der Waals surface area contributed by atoms with Crippen LogP contribution in [-0.4, -0.2) is 36.4 Å². The molecule has 0 heterocycles. The Hall–Kier alpha value is -1.80. The monoisotopic (exact) mass is 282 g/mol. The molecule has 20 heavy (non-hydrogen) atoms. The van der Waals surface area contributed by atoms with Crippen LogP contribution in [0, 0.1) is 17.3 Å². The Morgan fingerprint density at radius 2 is 1.80 bits per heavy atom. The maximum Gasteiger partial charge on any atom is 0.324 e. The third kappa shape index (κ3) is 5.06. The van der Waals surface area contributed by atoms with Crippen molar-refractivity contribution in [1.82, 2.24) is 0 Å². The van der Waals surface area contributed by atoms with Crippen molar-refractivity contribution in [3.8, 4) is 11.8 Å². The summed E-state index contributed by atoms with van der Waals surface area (Å²) in [5, 5.41) is 9.14. The molecule has 0 aliphatic heterocycles. The Labute approximate surface area is 120 Å². The van der Waals surface area contributed by atoms with Crippen molar-refractivity contribution < 1.29 is 24.2 Å². The van der Waals surface area contributed by atoms with Crippen LogP contribution >= 0.6 is 0 Å². The van der Waals surface area contributed by atoms with Gasteiger partial charge in [0.1, 0.15) is 6.10 Å². The predicted octanol–water partition coefficient (Wildman–Crippen LogP) is 1.45. The lowest BCUT2D eigenvalue weighted by atomic mass is 9.81. The molecule has 1 N–H and O–H groups in total. The first-order valence-electron chi connectivity index (χ1n) is 6.56. The van der Waals surface area contributed by atoms with Crippen LogP contribution < -0.4 is 0 Å². The molecule has 0 fully saturated rings. The average Bonchev–Trinajstić information content (AvgIpc) is 2.37. The van der Waals surface area contributed by atoms with Gasteiger partial charge in [0.25, 0.3) is 0 Å². The van der Waals surface area contributed by atoms with Crippen LogP contribution in [0.4, 0.5) is 0 Å². The Balaban J connectivity index is 5.44. The minimum Gasteiger partial charge on any atom is -0.465 e. The fourth-order valence-electron chi connectivity index (χ4n) is 1.60. The number of aliphatic hydroxyl groups excluding tert-OH is 1. The lowest BCUT2D eigenvalue weighted by Gasteiger charge is -2.26. The van der Waals surface area contributed by atoms with Gasteiger partial charge in [-0.1, -0.05) is 17.9 Å². The van der Waals surface area contributed by atoms with E-state index in [0.717, 1.165) is 0 Å². The number of aliphatic hydroxyl groups is 1. The molecule has 0 aliphatic carbocycles. The fraction of sp³-hybridized carbons (Fsp3) is 0.600. The van der Waals surface area contributed by atoms with E-state index < -0.39 is 23.5 Å².